The maximum atomic E-state index is 14.3. The van der Waals surface area contributed by atoms with Crippen LogP contribution in [0.3, 0.4) is 0 Å². The SMILES string of the molecule is CC(C)(C)OC(=O)C(C(=O)CCc1ccccc1)=P(c1ccccc1)(c1ccccc1)c1ccccc1. The summed E-state index contributed by atoms with van der Waals surface area (Å²) in [6, 6.07) is 39.8. The Morgan fingerprint density at radius 3 is 1.38 bits per heavy atom. The van der Waals surface area contributed by atoms with Crippen LogP contribution in [0.2, 0.25) is 0 Å². The van der Waals surface area contributed by atoms with Crippen molar-refractivity contribution >= 4 is 39.8 Å². The molecule has 0 amide bonds. The first kappa shape index (κ1) is 26.4. The summed E-state index contributed by atoms with van der Waals surface area (Å²) in [6.45, 7) is 2.62. The minimum Gasteiger partial charge on any atom is -0.456 e. The average molecular weight is 509 g/mol. The Hall–Kier alpha value is -3.68. The molecule has 4 aromatic rings. The molecular weight excluding hydrogens is 475 g/mol. The molecule has 188 valence electrons. The Morgan fingerprint density at radius 1 is 0.622 bits per heavy atom. The quantitative estimate of drug-likeness (QED) is 0.174. The van der Waals surface area contributed by atoms with E-state index in [1.807, 2.05) is 142 Å². The van der Waals surface area contributed by atoms with Crippen molar-refractivity contribution in [2.45, 2.75) is 39.2 Å². The number of benzene rings is 4. The summed E-state index contributed by atoms with van der Waals surface area (Å²) in [7, 11) is 0. The van der Waals surface area contributed by atoms with Crippen molar-refractivity contribution in [2.24, 2.45) is 0 Å². The number of ketones is 1. The molecule has 0 radical (unpaired) electrons. The fourth-order valence-corrected chi connectivity index (χ4v) is 8.91. The largest absolute Gasteiger partial charge is 0.456 e. The standard InChI is InChI=1S/C33H33O3P/c1-33(2,3)36-32(35)31(30(34)25-24-26-16-8-4-9-17-26)37(27-18-10-5-11-19-27,28-20-12-6-13-21-28)29-22-14-7-15-23-29/h4-23H,24-25H2,1-3H3. The van der Waals surface area contributed by atoms with E-state index in [1.54, 1.807) is 0 Å². The van der Waals surface area contributed by atoms with Gasteiger partial charge in [-0.15, -0.1) is 0 Å². The molecule has 3 nitrogen and oxygen atoms in total. The Bertz CT molecular complexity index is 1280. The van der Waals surface area contributed by atoms with Crippen molar-refractivity contribution < 1.29 is 14.3 Å². The summed E-state index contributed by atoms with van der Waals surface area (Å²) in [5.41, 5.74) is 0.310. The van der Waals surface area contributed by atoms with E-state index in [2.05, 4.69) is 0 Å². The third kappa shape index (κ3) is 6.01. The maximum absolute atomic E-state index is 14.3. The number of rotatable bonds is 8. The van der Waals surface area contributed by atoms with Gasteiger partial charge in [-0.1, -0.05) is 121 Å². The van der Waals surface area contributed by atoms with Crippen LogP contribution in [0.1, 0.15) is 32.8 Å². The van der Waals surface area contributed by atoms with Crippen molar-refractivity contribution in [3.05, 3.63) is 127 Å². The van der Waals surface area contributed by atoms with Crippen LogP contribution in [0.15, 0.2) is 121 Å². The summed E-state index contributed by atoms with van der Waals surface area (Å²) in [5, 5.41) is 3.07. The van der Waals surface area contributed by atoms with Crippen molar-refractivity contribution in [1.29, 1.82) is 0 Å². The first-order valence-electron chi connectivity index (χ1n) is 12.6. The summed E-state index contributed by atoms with van der Waals surface area (Å²) in [6.07, 6.45) is 0.761. The fourth-order valence-electron chi connectivity index (χ4n) is 4.57. The van der Waals surface area contributed by atoms with E-state index in [9.17, 15) is 9.59 Å². The number of hydrogen-bond donors (Lipinski definition) is 0. The number of esters is 1. The molecule has 0 N–H and O–H groups in total. The van der Waals surface area contributed by atoms with Gasteiger partial charge in [0.1, 0.15) is 10.9 Å². The predicted octanol–water partition coefficient (Wildman–Crippen LogP) is 5.70. The van der Waals surface area contributed by atoms with E-state index >= 15 is 0 Å². The van der Waals surface area contributed by atoms with Crippen LogP contribution in [-0.2, 0) is 20.7 Å². The molecule has 0 heterocycles. The number of carbonyl (C=O) groups excluding carboxylic acids is 2. The van der Waals surface area contributed by atoms with E-state index < -0.39 is 18.5 Å². The van der Waals surface area contributed by atoms with Crippen molar-refractivity contribution in [2.75, 3.05) is 0 Å². The van der Waals surface area contributed by atoms with Gasteiger partial charge in [0.2, 0.25) is 0 Å². The summed E-state index contributed by atoms with van der Waals surface area (Å²) in [5.74, 6) is -0.724. The smallest absolute Gasteiger partial charge is 0.343 e. The highest BCUT2D eigenvalue weighted by atomic mass is 31.2. The van der Waals surface area contributed by atoms with Gasteiger partial charge >= 0.3 is 5.97 Å². The van der Waals surface area contributed by atoms with Gasteiger partial charge in [0.15, 0.2) is 5.78 Å². The van der Waals surface area contributed by atoms with Crippen LogP contribution < -0.4 is 15.9 Å². The molecular formula is C33H33O3P. The molecule has 0 fully saturated rings. The van der Waals surface area contributed by atoms with Crippen LogP contribution in [0.4, 0.5) is 0 Å². The van der Waals surface area contributed by atoms with E-state index in [0.29, 0.717) is 6.42 Å². The Balaban J connectivity index is 2.09. The Morgan fingerprint density at radius 2 is 1.00 bits per heavy atom. The molecule has 0 atom stereocenters. The Kier molecular flexibility index (Phi) is 8.26. The lowest BCUT2D eigenvalue weighted by Crippen LogP contribution is -2.40. The molecule has 4 rings (SSSR count). The second-order valence-corrected chi connectivity index (χ2v) is 13.3. The van der Waals surface area contributed by atoms with Crippen LogP contribution in [-0.4, -0.2) is 22.6 Å². The van der Waals surface area contributed by atoms with Gasteiger partial charge in [-0.05, 0) is 55.6 Å². The minimum absolute atomic E-state index is 0.178. The molecule has 37 heavy (non-hydrogen) atoms. The normalized spacial score (nSPS) is 11.5. The van der Waals surface area contributed by atoms with Crippen LogP contribution >= 0.6 is 6.89 Å². The van der Waals surface area contributed by atoms with Gasteiger partial charge in [0.25, 0.3) is 0 Å². The van der Waals surface area contributed by atoms with E-state index in [4.69, 9.17) is 4.74 Å². The Labute approximate surface area is 220 Å². The summed E-state index contributed by atoms with van der Waals surface area (Å²) >= 11 is 0. The monoisotopic (exact) mass is 508 g/mol. The lowest BCUT2D eigenvalue weighted by molar-refractivity contribution is -0.146. The molecule has 0 aliphatic carbocycles. The first-order valence-corrected chi connectivity index (χ1v) is 14.3. The molecule has 0 spiro atoms. The molecule has 0 aromatic heterocycles. The van der Waals surface area contributed by atoms with Crippen molar-refractivity contribution in [1.82, 2.24) is 0 Å². The zero-order chi connectivity index (χ0) is 26.3. The molecule has 0 saturated heterocycles. The average Bonchev–Trinajstić information content (AvgIpc) is 2.91. The van der Waals surface area contributed by atoms with Gasteiger partial charge in [0, 0.05) is 6.42 Å². The van der Waals surface area contributed by atoms with E-state index in [0.717, 1.165) is 21.5 Å². The van der Waals surface area contributed by atoms with Crippen molar-refractivity contribution in [3.8, 4) is 0 Å². The van der Waals surface area contributed by atoms with Gasteiger partial charge < -0.3 is 4.74 Å². The zero-order valence-corrected chi connectivity index (χ0v) is 22.5. The van der Waals surface area contributed by atoms with Gasteiger partial charge in [-0.25, -0.2) is 4.79 Å². The van der Waals surface area contributed by atoms with Crippen molar-refractivity contribution in [3.63, 3.8) is 0 Å². The molecule has 0 aliphatic heterocycles. The third-order valence-electron chi connectivity index (χ3n) is 6.11. The molecule has 0 saturated carbocycles. The van der Waals surface area contributed by atoms with E-state index in [-0.39, 0.29) is 17.5 Å². The lowest BCUT2D eigenvalue weighted by Gasteiger charge is -2.32. The lowest BCUT2D eigenvalue weighted by atomic mass is 10.1. The minimum atomic E-state index is -2.89. The zero-order valence-electron chi connectivity index (χ0n) is 21.6. The second kappa shape index (κ2) is 11.6. The molecule has 4 aromatic carbocycles. The van der Waals surface area contributed by atoms with E-state index in [1.165, 1.54) is 0 Å². The molecule has 0 unspecified atom stereocenters. The van der Waals surface area contributed by atoms with Crippen LogP contribution in [0, 0.1) is 0 Å². The summed E-state index contributed by atoms with van der Waals surface area (Å²) < 4.78 is 5.97. The number of aryl methyl sites for hydroxylation is 1. The second-order valence-electron chi connectivity index (χ2n) is 9.94. The number of hydrogen-bond acceptors (Lipinski definition) is 3. The highest BCUT2D eigenvalue weighted by molar-refractivity contribution is 7.97. The molecule has 0 aliphatic rings. The number of Topliss-reactive ketones (excluding diaryl/α,β-unsaturated/α-hetero) is 1. The highest BCUT2D eigenvalue weighted by Gasteiger charge is 2.38. The third-order valence-corrected chi connectivity index (χ3v) is 10.4. The number of ether oxygens (including phenoxy) is 1. The predicted molar refractivity (Wildman–Crippen MR) is 156 cm³/mol. The fraction of sp³-hybridized carbons (Fsp3) is 0.182. The van der Waals surface area contributed by atoms with Crippen LogP contribution in [0.25, 0.3) is 0 Å². The number of carbonyl (C=O) groups is 2. The van der Waals surface area contributed by atoms with Crippen LogP contribution in [0.5, 0.6) is 0 Å². The van der Waals surface area contributed by atoms with Gasteiger partial charge in [0.05, 0.1) is 0 Å². The summed E-state index contributed by atoms with van der Waals surface area (Å²) in [4.78, 5) is 28.4. The first-order chi connectivity index (χ1) is 17.8. The van der Waals surface area contributed by atoms with Gasteiger partial charge in [-0.3, -0.25) is 4.79 Å². The topological polar surface area (TPSA) is 43.4 Å². The molecule has 4 heteroatoms. The maximum Gasteiger partial charge on any atom is 0.343 e. The van der Waals surface area contributed by atoms with Gasteiger partial charge in [-0.2, -0.15) is 0 Å². The molecule has 0 bridgehead atoms. The highest BCUT2D eigenvalue weighted by Crippen LogP contribution is 2.47.